The summed E-state index contributed by atoms with van der Waals surface area (Å²) in [7, 11) is 0. The zero-order valence-corrected chi connectivity index (χ0v) is 18.4. The van der Waals surface area contributed by atoms with E-state index in [4.69, 9.17) is 11.6 Å². The second-order valence-corrected chi connectivity index (χ2v) is 8.27. The van der Waals surface area contributed by atoms with Crippen molar-refractivity contribution < 1.29 is 9.90 Å². The fourth-order valence-corrected chi connectivity index (χ4v) is 4.11. The molecule has 1 amide bonds. The van der Waals surface area contributed by atoms with Crippen molar-refractivity contribution in [1.82, 2.24) is 25.3 Å². The fourth-order valence-electron chi connectivity index (χ4n) is 3.53. The van der Waals surface area contributed by atoms with Crippen LogP contribution in [0.15, 0.2) is 41.9 Å². The van der Waals surface area contributed by atoms with E-state index >= 15 is 0 Å². The molecule has 0 saturated heterocycles. The van der Waals surface area contributed by atoms with Gasteiger partial charge in [0.2, 0.25) is 0 Å². The molecule has 1 aliphatic rings. The molecule has 10 heteroatoms. The van der Waals surface area contributed by atoms with Gasteiger partial charge in [0.15, 0.2) is 5.16 Å². The van der Waals surface area contributed by atoms with Crippen molar-refractivity contribution in [3.8, 4) is 0 Å². The van der Waals surface area contributed by atoms with Crippen LogP contribution in [0.1, 0.15) is 32.9 Å². The van der Waals surface area contributed by atoms with Crippen molar-refractivity contribution in [3.63, 3.8) is 0 Å². The Balaban J connectivity index is 1.51. The number of carbonyl (C=O) groups excluding carboxylic acids is 1. The Hall–Kier alpha value is -2.75. The molecule has 2 heterocycles. The van der Waals surface area contributed by atoms with E-state index in [1.807, 2.05) is 18.4 Å². The highest BCUT2D eigenvalue weighted by atomic mass is 35.5. The topological polar surface area (TPSA) is 113 Å². The molecular formula is C21H21ClN6O2S. The Kier molecular flexibility index (Phi) is 6.64. The molecule has 1 aliphatic carbocycles. The molecule has 4 rings (SSSR count). The molecule has 0 fully saturated rings. The molecule has 0 radical (unpaired) electrons. The number of halogens is 1. The molecule has 0 bridgehead atoms. The largest absolute Gasteiger partial charge is 0.392 e. The highest BCUT2D eigenvalue weighted by molar-refractivity contribution is 7.98. The third-order valence-corrected chi connectivity index (χ3v) is 5.95. The Morgan fingerprint density at radius 1 is 1.23 bits per heavy atom. The summed E-state index contributed by atoms with van der Waals surface area (Å²) < 4.78 is 0. The van der Waals surface area contributed by atoms with Crippen LogP contribution in [0.5, 0.6) is 0 Å². The molecule has 0 saturated carbocycles. The first kappa shape index (κ1) is 21.5. The number of carbonyl (C=O) groups is 1. The smallest absolute Gasteiger partial charge is 0.256 e. The number of nitrogens with zero attached hydrogens (tertiary/aromatic N) is 4. The van der Waals surface area contributed by atoms with Crippen molar-refractivity contribution in [3.05, 3.63) is 69.9 Å². The van der Waals surface area contributed by atoms with Crippen LogP contribution in [0.2, 0.25) is 5.02 Å². The van der Waals surface area contributed by atoms with E-state index in [1.54, 1.807) is 18.5 Å². The predicted molar refractivity (Wildman–Crippen MR) is 119 cm³/mol. The number of rotatable bonds is 7. The standard InChI is InChI=1S/C21H21ClN6O2S/c1-31-21-26-9-16(20(30)25-10-18-23-3-2-4-24-18)19(28-21)27-15-6-12-5-14(11-29)17(22)8-13(12)7-15/h2-5,8-9,15,29H,6-7,10-11H2,1H3,(H,25,30)(H,26,27,28). The number of nitrogens with one attached hydrogen (secondary N) is 2. The number of hydrogen-bond donors (Lipinski definition) is 3. The summed E-state index contributed by atoms with van der Waals surface area (Å²) in [4.78, 5) is 29.8. The van der Waals surface area contributed by atoms with Gasteiger partial charge in [-0.1, -0.05) is 29.4 Å². The van der Waals surface area contributed by atoms with Crippen LogP contribution in [0.25, 0.3) is 0 Å². The highest BCUT2D eigenvalue weighted by Crippen LogP contribution is 2.30. The normalized spacial score (nSPS) is 14.9. The summed E-state index contributed by atoms with van der Waals surface area (Å²) in [5, 5.41) is 16.8. The first-order valence-electron chi connectivity index (χ1n) is 9.70. The zero-order valence-electron chi connectivity index (χ0n) is 16.8. The Morgan fingerprint density at radius 3 is 2.68 bits per heavy atom. The summed E-state index contributed by atoms with van der Waals surface area (Å²) in [5.41, 5.74) is 3.35. The SMILES string of the molecule is CSc1ncc(C(=O)NCc2ncccn2)c(NC2Cc3cc(Cl)c(CO)cc3C2)n1. The fraction of sp³-hybridized carbons (Fsp3) is 0.286. The van der Waals surface area contributed by atoms with E-state index in [0.717, 1.165) is 29.5 Å². The lowest BCUT2D eigenvalue weighted by molar-refractivity contribution is 0.0949. The first-order valence-corrected chi connectivity index (χ1v) is 11.3. The lowest BCUT2D eigenvalue weighted by Gasteiger charge is -2.16. The van der Waals surface area contributed by atoms with E-state index in [0.29, 0.717) is 27.4 Å². The molecule has 0 spiro atoms. The van der Waals surface area contributed by atoms with Gasteiger partial charge in [0.25, 0.3) is 5.91 Å². The minimum atomic E-state index is -0.302. The number of thioether (sulfide) groups is 1. The van der Waals surface area contributed by atoms with E-state index in [2.05, 4.69) is 30.6 Å². The van der Waals surface area contributed by atoms with Crippen LogP contribution in [0, 0.1) is 0 Å². The van der Waals surface area contributed by atoms with Crippen LogP contribution in [0.4, 0.5) is 5.82 Å². The molecule has 160 valence electrons. The number of anilines is 1. The average molecular weight is 457 g/mol. The second kappa shape index (κ2) is 9.59. The van der Waals surface area contributed by atoms with Gasteiger partial charge in [0.05, 0.1) is 13.2 Å². The Bertz CT molecular complexity index is 1100. The van der Waals surface area contributed by atoms with Crippen LogP contribution in [-0.2, 0) is 26.0 Å². The van der Waals surface area contributed by atoms with Crippen LogP contribution >= 0.6 is 23.4 Å². The van der Waals surface area contributed by atoms with Gasteiger partial charge in [-0.15, -0.1) is 0 Å². The Labute approximate surface area is 188 Å². The molecule has 8 nitrogen and oxygen atoms in total. The molecular weight excluding hydrogens is 436 g/mol. The number of hydrogen-bond acceptors (Lipinski definition) is 8. The van der Waals surface area contributed by atoms with Crippen LogP contribution < -0.4 is 10.6 Å². The first-order chi connectivity index (χ1) is 15.1. The summed E-state index contributed by atoms with van der Waals surface area (Å²) in [6.45, 7) is 0.114. The third-order valence-electron chi connectivity index (χ3n) is 5.03. The van der Waals surface area contributed by atoms with Crippen molar-refractivity contribution in [2.24, 2.45) is 0 Å². The van der Waals surface area contributed by atoms with Crippen LogP contribution in [0.3, 0.4) is 0 Å². The van der Waals surface area contributed by atoms with Crippen molar-refractivity contribution in [2.75, 3.05) is 11.6 Å². The number of aliphatic hydroxyl groups excluding tert-OH is 1. The van der Waals surface area contributed by atoms with Gasteiger partial charge >= 0.3 is 0 Å². The second-order valence-electron chi connectivity index (χ2n) is 7.09. The number of aliphatic hydroxyl groups is 1. The van der Waals surface area contributed by atoms with Crippen molar-refractivity contribution in [2.45, 2.75) is 37.2 Å². The van der Waals surface area contributed by atoms with Crippen LogP contribution in [-0.4, -0.2) is 43.2 Å². The summed E-state index contributed by atoms with van der Waals surface area (Å²) in [6.07, 6.45) is 8.17. The van der Waals surface area contributed by atoms with Crippen molar-refractivity contribution >= 4 is 35.1 Å². The molecule has 1 aromatic carbocycles. The summed E-state index contributed by atoms with van der Waals surface area (Å²) >= 11 is 7.65. The lowest BCUT2D eigenvalue weighted by atomic mass is 10.1. The molecule has 2 aromatic heterocycles. The minimum Gasteiger partial charge on any atom is -0.392 e. The molecule has 1 atom stereocenters. The number of aromatic nitrogens is 4. The predicted octanol–water partition coefficient (Wildman–Crippen LogP) is 2.64. The third kappa shape index (κ3) is 4.95. The summed E-state index contributed by atoms with van der Waals surface area (Å²) in [5.74, 6) is 0.704. The number of fused-ring (bicyclic) bond motifs is 1. The maximum absolute atomic E-state index is 12.8. The highest BCUT2D eigenvalue weighted by Gasteiger charge is 2.25. The van der Waals surface area contributed by atoms with Gasteiger partial charge in [0.1, 0.15) is 17.2 Å². The van der Waals surface area contributed by atoms with Gasteiger partial charge in [-0.05, 0) is 47.9 Å². The Morgan fingerprint density at radius 2 is 1.97 bits per heavy atom. The van der Waals surface area contributed by atoms with Gasteiger partial charge < -0.3 is 15.7 Å². The summed E-state index contributed by atoms with van der Waals surface area (Å²) in [6, 6.07) is 5.62. The van der Waals surface area contributed by atoms with Gasteiger partial charge in [0, 0.05) is 29.7 Å². The van der Waals surface area contributed by atoms with Gasteiger partial charge in [-0.25, -0.2) is 19.9 Å². The average Bonchev–Trinajstić information content (AvgIpc) is 3.18. The maximum Gasteiger partial charge on any atom is 0.256 e. The molecule has 3 aromatic rings. The maximum atomic E-state index is 12.8. The zero-order chi connectivity index (χ0) is 21.8. The minimum absolute atomic E-state index is 0.0497. The molecule has 1 unspecified atom stereocenters. The van der Waals surface area contributed by atoms with Gasteiger partial charge in [-0.3, -0.25) is 4.79 Å². The monoisotopic (exact) mass is 456 g/mol. The van der Waals surface area contributed by atoms with E-state index in [9.17, 15) is 9.90 Å². The molecule has 3 N–H and O–H groups in total. The van der Waals surface area contributed by atoms with Gasteiger partial charge in [-0.2, -0.15) is 0 Å². The van der Waals surface area contributed by atoms with Crippen molar-refractivity contribution in [1.29, 1.82) is 0 Å². The van der Waals surface area contributed by atoms with E-state index in [1.165, 1.54) is 18.0 Å². The van der Waals surface area contributed by atoms with E-state index in [-0.39, 0.29) is 25.1 Å². The van der Waals surface area contributed by atoms with E-state index < -0.39 is 0 Å². The number of benzene rings is 1. The lowest BCUT2D eigenvalue weighted by Crippen LogP contribution is -2.28. The molecule has 0 aliphatic heterocycles. The number of amides is 1. The molecule has 31 heavy (non-hydrogen) atoms. The quantitative estimate of drug-likeness (QED) is 0.367.